The van der Waals surface area contributed by atoms with Crippen molar-refractivity contribution >= 4 is 16.8 Å². The maximum Gasteiger partial charge on any atom is 0.270 e. The van der Waals surface area contributed by atoms with Crippen molar-refractivity contribution in [3.8, 4) is 11.5 Å². The standard InChI is InChI=1S/C26H33N3O3/c1-31-22-8-9-23(32-2)24-19(22)14-20(27-24)26(30)29-11-5-6-16-12-17-13-18(25(16)29)15-28-10-4-3-7-21(17)28/h8-9,12,14,17-18,21,25,27H,3-7,10-11,13,15H2,1-2H3/t17-,18-,21+,25-/m0/s1. The van der Waals surface area contributed by atoms with Gasteiger partial charge in [0.05, 0.1) is 25.8 Å². The highest BCUT2D eigenvalue weighted by atomic mass is 16.5. The molecule has 6 rings (SSSR count). The van der Waals surface area contributed by atoms with Crippen molar-refractivity contribution in [2.24, 2.45) is 11.8 Å². The molecule has 1 aromatic heterocycles. The summed E-state index contributed by atoms with van der Waals surface area (Å²) >= 11 is 0. The largest absolute Gasteiger partial charge is 0.496 e. The zero-order chi connectivity index (χ0) is 21.8. The SMILES string of the molecule is COc1ccc(OC)c2[nH]c(C(=O)N3CCCC4=C[C@H]5C[C@@H](CN6CCCC[C@H]56)[C@H]43)cc12. The molecule has 0 saturated carbocycles. The van der Waals surface area contributed by atoms with Gasteiger partial charge in [-0.3, -0.25) is 9.69 Å². The molecule has 1 N–H and O–H groups in total. The first-order chi connectivity index (χ1) is 15.7. The lowest BCUT2D eigenvalue weighted by Crippen LogP contribution is -2.60. The van der Waals surface area contributed by atoms with Crippen molar-refractivity contribution in [3.63, 3.8) is 0 Å². The molecule has 6 nitrogen and oxygen atoms in total. The van der Waals surface area contributed by atoms with E-state index in [1.165, 1.54) is 37.8 Å². The molecule has 0 unspecified atom stereocenters. The molecule has 4 heterocycles. The predicted molar refractivity (Wildman–Crippen MR) is 124 cm³/mol. The Morgan fingerprint density at radius 1 is 1.09 bits per heavy atom. The number of fused-ring (bicyclic) bond motifs is 7. The van der Waals surface area contributed by atoms with Gasteiger partial charge in [-0.2, -0.15) is 0 Å². The Bertz CT molecular complexity index is 1030. The average Bonchev–Trinajstić information content (AvgIpc) is 3.28. The van der Waals surface area contributed by atoms with E-state index in [1.54, 1.807) is 14.2 Å². The van der Waals surface area contributed by atoms with Gasteiger partial charge in [-0.25, -0.2) is 0 Å². The number of aromatic nitrogens is 1. The summed E-state index contributed by atoms with van der Waals surface area (Å²) in [4.78, 5) is 22.1. The van der Waals surface area contributed by atoms with Crippen LogP contribution in [0.25, 0.3) is 10.9 Å². The topological polar surface area (TPSA) is 57.8 Å². The number of H-pyrrole nitrogens is 1. The van der Waals surface area contributed by atoms with Gasteiger partial charge in [0.25, 0.3) is 5.91 Å². The van der Waals surface area contributed by atoms with E-state index >= 15 is 0 Å². The van der Waals surface area contributed by atoms with Crippen LogP contribution >= 0.6 is 0 Å². The predicted octanol–water partition coefficient (Wildman–Crippen LogP) is 4.22. The summed E-state index contributed by atoms with van der Waals surface area (Å²) < 4.78 is 11.1. The Labute approximate surface area is 189 Å². The van der Waals surface area contributed by atoms with E-state index in [0.717, 1.165) is 54.4 Å². The number of benzene rings is 1. The van der Waals surface area contributed by atoms with Crippen LogP contribution in [0, 0.1) is 11.8 Å². The quantitative estimate of drug-likeness (QED) is 0.734. The average molecular weight is 436 g/mol. The summed E-state index contributed by atoms with van der Waals surface area (Å²) in [5.74, 6) is 2.80. The van der Waals surface area contributed by atoms with Gasteiger partial charge < -0.3 is 19.4 Å². The normalized spacial score (nSPS) is 29.8. The van der Waals surface area contributed by atoms with E-state index < -0.39 is 0 Å². The number of rotatable bonds is 3. The first kappa shape index (κ1) is 20.2. The van der Waals surface area contributed by atoms with Crippen LogP contribution in [0.4, 0.5) is 0 Å². The maximum absolute atomic E-state index is 13.8. The van der Waals surface area contributed by atoms with Crippen molar-refractivity contribution in [1.82, 2.24) is 14.8 Å². The number of hydrogen-bond donors (Lipinski definition) is 1. The zero-order valence-corrected chi connectivity index (χ0v) is 19.1. The molecule has 2 aromatic rings. The Morgan fingerprint density at radius 3 is 2.78 bits per heavy atom. The number of aromatic amines is 1. The number of carbonyl (C=O) groups excluding carboxylic acids is 1. The van der Waals surface area contributed by atoms with Crippen LogP contribution in [0.1, 0.15) is 49.0 Å². The van der Waals surface area contributed by atoms with Gasteiger partial charge in [-0.1, -0.05) is 18.1 Å². The van der Waals surface area contributed by atoms with Crippen molar-refractivity contribution in [3.05, 3.63) is 35.5 Å². The first-order valence-corrected chi connectivity index (χ1v) is 12.2. The highest BCUT2D eigenvalue weighted by Gasteiger charge is 2.47. The number of hydrogen-bond acceptors (Lipinski definition) is 4. The lowest BCUT2D eigenvalue weighted by Gasteiger charge is -2.54. The van der Waals surface area contributed by atoms with E-state index in [1.807, 2.05) is 18.2 Å². The second-order valence-corrected chi connectivity index (χ2v) is 9.95. The van der Waals surface area contributed by atoms with Gasteiger partial charge in [0.2, 0.25) is 0 Å². The molecule has 6 heteroatoms. The Balaban J connectivity index is 1.35. The van der Waals surface area contributed by atoms with Crippen molar-refractivity contribution in [2.45, 2.75) is 50.6 Å². The third-order valence-corrected chi connectivity index (χ3v) is 8.30. The van der Waals surface area contributed by atoms with Gasteiger partial charge in [0.15, 0.2) is 0 Å². The Morgan fingerprint density at radius 2 is 1.94 bits per heavy atom. The van der Waals surface area contributed by atoms with Crippen LogP contribution in [-0.2, 0) is 0 Å². The van der Waals surface area contributed by atoms with Gasteiger partial charge >= 0.3 is 0 Å². The van der Waals surface area contributed by atoms with Crippen LogP contribution in [0.5, 0.6) is 11.5 Å². The molecular formula is C26H33N3O3. The van der Waals surface area contributed by atoms with E-state index in [2.05, 4.69) is 20.9 Å². The number of ether oxygens (including phenoxy) is 2. The van der Waals surface area contributed by atoms with Crippen molar-refractivity contribution in [2.75, 3.05) is 33.9 Å². The number of amides is 1. The fraction of sp³-hybridized carbons (Fsp3) is 0.577. The van der Waals surface area contributed by atoms with E-state index in [0.29, 0.717) is 17.5 Å². The van der Waals surface area contributed by atoms with Gasteiger partial charge in [-0.15, -0.1) is 0 Å². The fourth-order valence-corrected chi connectivity index (χ4v) is 6.99. The molecule has 4 aliphatic rings. The number of carbonyl (C=O) groups is 1. The van der Waals surface area contributed by atoms with Crippen molar-refractivity contribution in [1.29, 1.82) is 0 Å². The van der Waals surface area contributed by atoms with E-state index in [4.69, 9.17) is 9.47 Å². The molecule has 4 atom stereocenters. The smallest absolute Gasteiger partial charge is 0.270 e. The summed E-state index contributed by atoms with van der Waals surface area (Å²) in [7, 11) is 3.31. The van der Waals surface area contributed by atoms with Crippen LogP contribution in [0.2, 0.25) is 0 Å². The molecule has 3 saturated heterocycles. The molecule has 2 bridgehead atoms. The second kappa shape index (κ2) is 7.84. The van der Waals surface area contributed by atoms with E-state index in [-0.39, 0.29) is 11.9 Å². The molecular weight excluding hydrogens is 402 g/mol. The van der Waals surface area contributed by atoms with Crippen LogP contribution in [0.15, 0.2) is 29.8 Å². The molecule has 1 aromatic carbocycles. The van der Waals surface area contributed by atoms with Gasteiger partial charge in [0.1, 0.15) is 17.2 Å². The van der Waals surface area contributed by atoms with Crippen LogP contribution in [0.3, 0.4) is 0 Å². The molecule has 1 aliphatic carbocycles. The maximum atomic E-state index is 13.8. The van der Waals surface area contributed by atoms with Crippen molar-refractivity contribution < 1.29 is 14.3 Å². The highest BCUT2D eigenvalue weighted by Crippen LogP contribution is 2.45. The molecule has 1 amide bonds. The lowest BCUT2D eigenvalue weighted by molar-refractivity contribution is 0.00134. The van der Waals surface area contributed by atoms with Gasteiger partial charge in [-0.05, 0) is 68.7 Å². The fourth-order valence-electron chi connectivity index (χ4n) is 6.99. The molecule has 3 aliphatic heterocycles. The highest BCUT2D eigenvalue weighted by molar-refractivity contribution is 6.01. The number of nitrogens with one attached hydrogen (secondary N) is 1. The molecule has 170 valence electrons. The number of likely N-dealkylation sites (tertiary alicyclic amines) is 1. The third-order valence-electron chi connectivity index (χ3n) is 8.30. The minimum absolute atomic E-state index is 0.0973. The summed E-state index contributed by atoms with van der Waals surface area (Å²) in [6, 6.07) is 6.68. The lowest BCUT2D eigenvalue weighted by atomic mass is 9.68. The summed E-state index contributed by atoms with van der Waals surface area (Å²) in [5, 5.41) is 0.889. The number of nitrogens with zero attached hydrogens (tertiary/aromatic N) is 2. The molecule has 0 radical (unpaired) electrons. The summed E-state index contributed by atoms with van der Waals surface area (Å²) in [6.07, 6.45) is 10.0. The van der Waals surface area contributed by atoms with Crippen LogP contribution < -0.4 is 9.47 Å². The van der Waals surface area contributed by atoms with Gasteiger partial charge in [0, 0.05) is 24.5 Å². The molecule has 0 spiro atoms. The minimum Gasteiger partial charge on any atom is -0.496 e. The monoisotopic (exact) mass is 435 g/mol. The zero-order valence-electron chi connectivity index (χ0n) is 19.1. The number of piperidine rings is 3. The Kier molecular flexibility index (Phi) is 4.94. The Hall–Kier alpha value is -2.47. The third kappa shape index (κ3) is 3.06. The minimum atomic E-state index is 0.0973. The van der Waals surface area contributed by atoms with E-state index in [9.17, 15) is 4.79 Å². The molecule has 32 heavy (non-hydrogen) atoms. The molecule has 3 fully saturated rings. The van der Waals surface area contributed by atoms with Crippen LogP contribution in [-0.4, -0.2) is 66.6 Å². The first-order valence-electron chi connectivity index (χ1n) is 12.2. The summed E-state index contributed by atoms with van der Waals surface area (Å²) in [6.45, 7) is 3.19. The number of methoxy groups -OCH3 is 2. The summed E-state index contributed by atoms with van der Waals surface area (Å²) in [5.41, 5.74) is 2.96. The second-order valence-electron chi connectivity index (χ2n) is 9.95.